The molecule has 1 aliphatic heterocycles. The highest BCUT2D eigenvalue weighted by molar-refractivity contribution is 5.84. The number of carbonyl (C=O) groups is 1. The minimum atomic E-state index is -0.305. The van der Waals surface area contributed by atoms with Crippen LogP contribution in [0.4, 0.5) is 9.18 Å². The highest BCUT2D eigenvalue weighted by Crippen LogP contribution is 2.23. The first-order valence-corrected chi connectivity index (χ1v) is 10.5. The van der Waals surface area contributed by atoms with Gasteiger partial charge in [-0.1, -0.05) is 23.8 Å². The SMILES string of the molecule is Cc1ccc2c(c1)cc(CN(Cc1ccc(F)cc1)C(=O)N1CCOCC1)c1nnnn12. The molecule has 1 fully saturated rings. The number of fused-ring (bicyclic) bond motifs is 3. The van der Waals surface area contributed by atoms with Gasteiger partial charge in [0.25, 0.3) is 0 Å². The van der Waals surface area contributed by atoms with Gasteiger partial charge in [0, 0.05) is 30.6 Å². The summed E-state index contributed by atoms with van der Waals surface area (Å²) in [4.78, 5) is 17.0. The van der Waals surface area contributed by atoms with Crippen LogP contribution in [0.15, 0.2) is 48.5 Å². The molecule has 0 atom stereocenters. The van der Waals surface area contributed by atoms with E-state index in [1.165, 1.54) is 12.1 Å². The zero-order valence-corrected chi connectivity index (χ0v) is 17.7. The number of ether oxygens (including phenoxy) is 1. The molecule has 1 aliphatic rings. The lowest BCUT2D eigenvalue weighted by atomic mass is 10.1. The van der Waals surface area contributed by atoms with Gasteiger partial charge >= 0.3 is 6.03 Å². The topological polar surface area (TPSA) is 75.9 Å². The van der Waals surface area contributed by atoms with Crippen LogP contribution in [-0.2, 0) is 17.8 Å². The number of tetrazole rings is 1. The first kappa shape index (κ1) is 20.3. The number of rotatable bonds is 4. The molecule has 5 rings (SSSR count). The lowest BCUT2D eigenvalue weighted by molar-refractivity contribution is 0.0419. The number of amides is 2. The molecule has 4 aromatic rings. The Bertz CT molecular complexity index is 1270. The van der Waals surface area contributed by atoms with Crippen LogP contribution in [0.3, 0.4) is 0 Å². The summed E-state index contributed by atoms with van der Waals surface area (Å²) in [5, 5.41) is 13.2. The predicted octanol–water partition coefficient (Wildman–Crippen LogP) is 3.18. The molecule has 0 radical (unpaired) electrons. The lowest BCUT2D eigenvalue weighted by Gasteiger charge is -2.33. The second-order valence-corrected chi connectivity index (χ2v) is 8.01. The maximum Gasteiger partial charge on any atom is 0.320 e. The summed E-state index contributed by atoms with van der Waals surface area (Å²) in [6.45, 7) is 4.81. The average Bonchev–Trinajstić information content (AvgIpc) is 3.30. The molecule has 2 aromatic carbocycles. The van der Waals surface area contributed by atoms with Crippen molar-refractivity contribution in [1.82, 2.24) is 29.8 Å². The van der Waals surface area contributed by atoms with Crippen LogP contribution in [-0.4, -0.2) is 62.2 Å². The number of nitrogens with zero attached hydrogens (tertiary/aromatic N) is 6. The summed E-state index contributed by atoms with van der Waals surface area (Å²) in [5.74, 6) is -0.305. The van der Waals surface area contributed by atoms with E-state index in [-0.39, 0.29) is 11.8 Å². The van der Waals surface area contributed by atoms with E-state index in [0.717, 1.165) is 27.6 Å². The number of hydrogen-bond donors (Lipinski definition) is 0. The minimum Gasteiger partial charge on any atom is -0.378 e. The molecule has 0 saturated carbocycles. The molecule has 9 heteroatoms. The number of morpholine rings is 1. The summed E-state index contributed by atoms with van der Waals surface area (Å²) in [6.07, 6.45) is 0. The molecular weight excluding hydrogens is 411 g/mol. The maximum atomic E-state index is 13.4. The third-order valence-corrected chi connectivity index (χ3v) is 5.70. The standard InChI is InChI=1S/C23H23FN6O2/c1-16-2-7-21-18(12-16)13-19(22-25-26-27-30(21)22)15-29(14-17-3-5-20(24)6-4-17)23(31)28-8-10-32-11-9-28/h2-7,12-13H,8-11,14-15H2,1H3. The molecule has 8 nitrogen and oxygen atoms in total. The van der Waals surface area contributed by atoms with Gasteiger partial charge < -0.3 is 14.5 Å². The van der Waals surface area contributed by atoms with Crippen LogP contribution in [0.2, 0.25) is 0 Å². The number of urea groups is 1. The number of carbonyl (C=O) groups excluding carboxylic acids is 1. The van der Waals surface area contributed by atoms with Gasteiger partial charge in [-0.2, -0.15) is 4.52 Å². The molecular formula is C23H23FN6O2. The Balaban J connectivity index is 1.53. The second-order valence-electron chi connectivity index (χ2n) is 8.01. The summed E-state index contributed by atoms with van der Waals surface area (Å²) in [6, 6.07) is 14.3. The zero-order valence-electron chi connectivity index (χ0n) is 17.7. The normalized spacial score (nSPS) is 14.2. The Morgan fingerprint density at radius 2 is 1.88 bits per heavy atom. The van der Waals surface area contributed by atoms with Gasteiger partial charge in [-0.3, -0.25) is 0 Å². The molecule has 32 heavy (non-hydrogen) atoms. The third kappa shape index (κ3) is 3.99. The van der Waals surface area contributed by atoms with Crippen LogP contribution < -0.4 is 0 Å². The van der Waals surface area contributed by atoms with Crippen molar-refractivity contribution in [2.75, 3.05) is 26.3 Å². The molecule has 2 aromatic heterocycles. The summed E-state index contributed by atoms with van der Waals surface area (Å²) >= 11 is 0. The molecule has 0 spiro atoms. The van der Waals surface area contributed by atoms with Crippen molar-refractivity contribution in [3.8, 4) is 0 Å². The van der Waals surface area contributed by atoms with Crippen molar-refractivity contribution in [3.63, 3.8) is 0 Å². The van der Waals surface area contributed by atoms with Crippen LogP contribution in [0.1, 0.15) is 16.7 Å². The van der Waals surface area contributed by atoms with Gasteiger partial charge in [0.1, 0.15) is 5.82 Å². The van der Waals surface area contributed by atoms with E-state index in [0.29, 0.717) is 45.0 Å². The van der Waals surface area contributed by atoms with Crippen LogP contribution >= 0.6 is 0 Å². The van der Waals surface area contributed by atoms with Gasteiger partial charge in [0.05, 0.1) is 25.3 Å². The number of aryl methyl sites for hydroxylation is 1. The molecule has 3 heterocycles. The fraction of sp³-hybridized carbons (Fsp3) is 0.304. The molecule has 0 bridgehead atoms. The summed E-state index contributed by atoms with van der Waals surface area (Å²) in [7, 11) is 0. The number of pyridine rings is 1. The Morgan fingerprint density at radius 1 is 1.09 bits per heavy atom. The zero-order chi connectivity index (χ0) is 22.1. The third-order valence-electron chi connectivity index (χ3n) is 5.70. The summed E-state index contributed by atoms with van der Waals surface area (Å²) in [5.41, 5.74) is 4.34. The second kappa shape index (κ2) is 8.51. The smallest absolute Gasteiger partial charge is 0.320 e. The Morgan fingerprint density at radius 3 is 2.66 bits per heavy atom. The van der Waals surface area contributed by atoms with Gasteiger partial charge in [0.2, 0.25) is 0 Å². The molecule has 1 saturated heterocycles. The van der Waals surface area contributed by atoms with Gasteiger partial charge in [-0.25, -0.2) is 9.18 Å². The van der Waals surface area contributed by atoms with E-state index < -0.39 is 0 Å². The van der Waals surface area contributed by atoms with E-state index in [9.17, 15) is 9.18 Å². The Labute approximate surface area is 184 Å². The molecule has 0 unspecified atom stereocenters. The van der Waals surface area contributed by atoms with Crippen LogP contribution in [0.5, 0.6) is 0 Å². The average molecular weight is 434 g/mol. The van der Waals surface area contributed by atoms with Crippen molar-refractivity contribution in [2.45, 2.75) is 20.0 Å². The van der Waals surface area contributed by atoms with E-state index in [1.54, 1.807) is 26.4 Å². The van der Waals surface area contributed by atoms with E-state index in [1.807, 2.05) is 25.1 Å². The summed E-state index contributed by atoms with van der Waals surface area (Å²) < 4.78 is 20.5. The fourth-order valence-corrected chi connectivity index (χ4v) is 4.06. The highest BCUT2D eigenvalue weighted by atomic mass is 19.1. The minimum absolute atomic E-state index is 0.0902. The van der Waals surface area contributed by atoms with Crippen molar-refractivity contribution in [3.05, 3.63) is 71.0 Å². The van der Waals surface area contributed by atoms with Crippen molar-refractivity contribution < 1.29 is 13.9 Å². The van der Waals surface area contributed by atoms with Gasteiger partial charge in [-0.15, -0.1) is 5.10 Å². The Kier molecular flexibility index (Phi) is 5.40. The van der Waals surface area contributed by atoms with Gasteiger partial charge in [-0.05, 0) is 53.2 Å². The quantitative estimate of drug-likeness (QED) is 0.493. The fourth-order valence-electron chi connectivity index (χ4n) is 4.06. The lowest BCUT2D eigenvalue weighted by Crippen LogP contribution is -2.47. The van der Waals surface area contributed by atoms with E-state index in [4.69, 9.17) is 4.74 Å². The molecule has 0 aliphatic carbocycles. The number of aromatic nitrogens is 4. The number of benzene rings is 2. The molecule has 0 N–H and O–H groups in total. The number of halogens is 1. The molecule has 164 valence electrons. The van der Waals surface area contributed by atoms with E-state index in [2.05, 4.69) is 21.6 Å². The van der Waals surface area contributed by atoms with Crippen LogP contribution in [0.25, 0.3) is 16.6 Å². The highest BCUT2D eigenvalue weighted by Gasteiger charge is 2.25. The Hall–Kier alpha value is -3.59. The van der Waals surface area contributed by atoms with Crippen molar-refractivity contribution in [1.29, 1.82) is 0 Å². The maximum absolute atomic E-state index is 13.4. The first-order chi connectivity index (χ1) is 15.6. The van der Waals surface area contributed by atoms with Crippen molar-refractivity contribution in [2.24, 2.45) is 0 Å². The van der Waals surface area contributed by atoms with E-state index >= 15 is 0 Å². The largest absolute Gasteiger partial charge is 0.378 e. The first-order valence-electron chi connectivity index (χ1n) is 10.5. The van der Waals surface area contributed by atoms with Crippen LogP contribution in [0, 0.1) is 12.7 Å². The monoisotopic (exact) mass is 434 g/mol. The number of hydrogen-bond acceptors (Lipinski definition) is 5. The van der Waals surface area contributed by atoms with Crippen molar-refractivity contribution >= 4 is 22.6 Å². The molecule has 2 amide bonds. The predicted molar refractivity (Wildman–Crippen MR) is 116 cm³/mol. The van der Waals surface area contributed by atoms with Gasteiger partial charge in [0.15, 0.2) is 5.65 Å².